The van der Waals surface area contributed by atoms with E-state index < -0.39 is 6.09 Å². The molecule has 3 rings (SSSR count). The van der Waals surface area contributed by atoms with Gasteiger partial charge in [-0.1, -0.05) is 23.7 Å². The predicted octanol–water partition coefficient (Wildman–Crippen LogP) is 4.16. The number of nitrogens with one attached hydrogen (secondary N) is 1. The van der Waals surface area contributed by atoms with Gasteiger partial charge < -0.3 is 14.7 Å². The number of carbonyl (C=O) groups excluding carboxylic acids is 2. The summed E-state index contributed by atoms with van der Waals surface area (Å²) < 4.78 is 18.5. The Balaban J connectivity index is 1.43. The Bertz CT molecular complexity index is 1130. The minimum atomic E-state index is -0.721. The van der Waals surface area contributed by atoms with Crippen molar-refractivity contribution in [2.75, 3.05) is 25.5 Å². The van der Waals surface area contributed by atoms with Crippen LogP contribution in [0.15, 0.2) is 48.7 Å². The lowest BCUT2D eigenvalue weighted by Crippen LogP contribution is -2.31. The van der Waals surface area contributed by atoms with Crippen LogP contribution in [0.4, 0.5) is 15.0 Å². The van der Waals surface area contributed by atoms with Gasteiger partial charge in [-0.25, -0.2) is 14.2 Å². The van der Waals surface area contributed by atoms with Crippen molar-refractivity contribution in [3.8, 4) is 0 Å². The molecule has 0 saturated carbocycles. The molecule has 7 nitrogen and oxygen atoms in total. The van der Waals surface area contributed by atoms with Crippen molar-refractivity contribution < 1.29 is 23.8 Å². The van der Waals surface area contributed by atoms with Crippen LogP contribution >= 0.6 is 11.6 Å². The molecule has 2 aromatic carbocycles. The molecule has 0 aliphatic carbocycles. The highest BCUT2D eigenvalue weighted by Gasteiger charge is 2.12. The fraction of sp³-hybridized carbons (Fsp3) is 0.261. The number of nitrogens with zero attached hydrogens (tertiary/aromatic N) is 2. The van der Waals surface area contributed by atoms with Crippen LogP contribution in [0.5, 0.6) is 0 Å². The normalized spacial score (nSPS) is 10.8. The number of pyridine rings is 1. The number of benzene rings is 2. The van der Waals surface area contributed by atoms with Crippen molar-refractivity contribution in [3.05, 3.63) is 70.6 Å². The number of aliphatic hydroxyl groups excluding tert-OH is 1. The van der Waals surface area contributed by atoms with E-state index in [1.165, 1.54) is 23.2 Å². The molecular weight excluding hydrogens is 437 g/mol. The summed E-state index contributed by atoms with van der Waals surface area (Å²) in [5.41, 5.74) is 1.52. The van der Waals surface area contributed by atoms with Crippen molar-refractivity contribution >= 4 is 40.2 Å². The van der Waals surface area contributed by atoms with E-state index in [2.05, 4.69) is 10.3 Å². The largest absolute Gasteiger partial charge is 0.447 e. The van der Waals surface area contributed by atoms with Crippen LogP contribution in [0.1, 0.15) is 17.5 Å². The van der Waals surface area contributed by atoms with E-state index in [1.54, 1.807) is 37.4 Å². The molecule has 0 bridgehead atoms. The zero-order valence-corrected chi connectivity index (χ0v) is 18.2. The number of halogens is 2. The Labute approximate surface area is 189 Å². The predicted molar refractivity (Wildman–Crippen MR) is 120 cm³/mol. The minimum Gasteiger partial charge on any atom is -0.447 e. The first-order chi connectivity index (χ1) is 15.4. The molecule has 0 aliphatic heterocycles. The van der Waals surface area contributed by atoms with Gasteiger partial charge in [0.2, 0.25) is 5.91 Å². The fourth-order valence-corrected chi connectivity index (χ4v) is 3.28. The van der Waals surface area contributed by atoms with E-state index in [0.717, 1.165) is 16.5 Å². The van der Waals surface area contributed by atoms with E-state index >= 15 is 0 Å². The van der Waals surface area contributed by atoms with Crippen LogP contribution in [0.3, 0.4) is 0 Å². The molecule has 1 heterocycles. The van der Waals surface area contributed by atoms with Gasteiger partial charge in [0.25, 0.3) is 0 Å². The number of likely N-dealkylation sites (N-methyl/N-ethyl adjacent to an activating group) is 1. The number of hydrogen-bond donors (Lipinski definition) is 2. The minimum absolute atomic E-state index is 0.00294. The quantitative estimate of drug-likeness (QED) is 0.527. The van der Waals surface area contributed by atoms with Gasteiger partial charge in [0.15, 0.2) is 0 Å². The topological polar surface area (TPSA) is 91.8 Å². The molecule has 0 aliphatic rings. The number of rotatable bonds is 8. The zero-order valence-electron chi connectivity index (χ0n) is 17.5. The number of amides is 2. The smallest absolute Gasteiger partial charge is 0.412 e. The maximum absolute atomic E-state index is 13.4. The van der Waals surface area contributed by atoms with E-state index in [0.29, 0.717) is 16.8 Å². The van der Waals surface area contributed by atoms with Crippen LogP contribution in [-0.4, -0.2) is 47.2 Å². The van der Waals surface area contributed by atoms with E-state index in [4.69, 9.17) is 16.3 Å². The van der Waals surface area contributed by atoms with Crippen molar-refractivity contribution in [2.24, 2.45) is 0 Å². The van der Waals surface area contributed by atoms with Crippen molar-refractivity contribution in [3.63, 3.8) is 0 Å². The number of aromatic nitrogens is 1. The maximum atomic E-state index is 13.4. The summed E-state index contributed by atoms with van der Waals surface area (Å²) in [6.07, 6.45) is 1.47. The van der Waals surface area contributed by atoms with E-state index in [9.17, 15) is 19.1 Å². The average Bonchev–Trinajstić information content (AvgIpc) is 2.77. The molecule has 0 radical (unpaired) electrons. The Morgan fingerprint density at radius 2 is 2.00 bits per heavy atom. The van der Waals surface area contributed by atoms with Gasteiger partial charge in [0.1, 0.15) is 18.2 Å². The molecule has 0 saturated heterocycles. The monoisotopic (exact) mass is 459 g/mol. The molecule has 0 spiro atoms. The van der Waals surface area contributed by atoms with Crippen LogP contribution in [-0.2, 0) is 22.6 Å². The number of hydrogen-bond acceptors (Lipinski definition) is 5. The second-order valence-electron chi connectivity index (χ2n) is 7.22. The third kappa shape index (κ3) is 6.38. The summed E-state index contributed by atoms with van der Waals surface area (Å²) in [7, 11) is 1.62. The Kier molecular flexibility index (Phi) is 7.97. The van der Waals surface area contributed by atoms with Crippen LogP contribution in [0.25, 0.3) is 10.8 Å². The zero-order chi connectivity index (χ0) is 23.1. The second-order valence-corrected chi connectivity index (χ2v) is 7.63. The lowest BCUT2D eigenvalue weighted by Gasteiger charge is -2.17. The lowest BCUT2D eigenvalue weighted by atomic mass is 10.1. The highest BCUT2D eigenvalue weighted by molar-refractivity contribution is 6.31. The molecule has 32 heavy (non-hydrogen) atoms. The summed E-state index contributed by atoms with van der Waals surface area (Å²) in [6, 6.07) is 11.0. The summed E-state index contributed by atoms with van der Waals surface area (Å²) >= 11 is 6.15. The van der Waals surface area contributed by atoms with Gasteiger partial charge in [-0.3, -0.25) is 10.1 Å². The Hall–Kier alpha value is -3.23. The van der Waals surface area contributed by atoms with Gasteiger partial charge in [-0.15, -0.1) is 0 Å². The first-order valence-electron chi connectivity index (χ1n) is 9.97. The molecule has 0 atom stereocenters. The number of aryl methyl sites for hydroxylation is 1. The third-order valence-electron chi connectivity index (χ3n) is 4.90. The SMILES string of the molecule is CN(CCOC(=O)Nc1cc2cc(F)ccc2cn1)C(=O)CCc1cc(CO)ccc1Cl. The second kappa shape index (κ2) is 10.9. The third-order valence-corrected chi connectivity index (χ3v) is 5.27. The van der Waals surface area contributed by atoms with Gasteiger partial charge in [0.05, 0.1) is 13.2 Å². The summed E-state index contributed by atoms with van der Waals surface area (Å²) in [6.45, 7) is 0.118. The number of fused-ring (bicyclic) bond motifs is 1. The van der Waals surface area contributed by atoms with E-state index in [-0.39, 0.29) is 43.7 Å². The number of anilines is 1. The van der Waals surface area contributed by atoms with Gasteiger partial charge in [-0.05, 0) is 53.3 Å². The summed E-state index contributed by atoms with van der Waals surface area (Å²) in [5, 5.41) is 13.6. The lowest BCUT2D eigenvalue weighted by molar-refractivity contribution is -0.130. The number of aliphatic hydroxyl groups is 1. The van der Waals surface area contributed by atoms with Crippen molar-refractivity contribution in [2.45, 2.75) is 19.4 Å². The first-order valence-corrected chi connectivity index (χ1v) is 10.3. The highest BCUT2D eigenvalue weighted by atomic mass is 35.5. The molecular formula is C23H23ClFN3O4. The molecule has 3 aromatic rings. The fourth-order valence-electron chi connectivity index (χ4n) is 3.07. The summed E-state index contributed by atoms with van der Waals surface area (Å²) in [4.78, 5) is 29.9. The van der Waals surface area contributed by atoms with Crippen LogP contribution < -0.4 is 5.32 Å². The molecule has 1 aromatic heterocycles. The van der Waals surface area contributed by atoms with Crippen LogP contribution in [0.2, 0.25) is 5.02 Å². The molecule has 2 N–H and O–H groups in total. The molecule has 9 heteroatoms. The summed E-state index contributed by atoms with van der Waals surface area (Å²) in [5.74, 6) is -0.273. The van der Waals surface area contributed by atoms with Gasteiger partial charge in [-0.2, -0.15) is 0 Å². The molecule has 168 valence electrons. The van der Waals surface area contributed by atoms with Gasteiger partial charge >= 0.3 is 6.09 Å². The van der Waals surface area contributed by atoms with Crippen molar-refractivity contribution in [1.82, 2.24) is 9.88 Å². The Morgan fingerprint density at radius 1 is 1.19 bits per heavy atom. The molecule has 0 unspecified atom stereocenters. The molecule has 0 fully saturated rings. The average molecular weight is 460 g/mol. The van der Waals surface area contributed by atoms with E-state index in [1.807, 2.05) is 0 Å². The maximum Gasteiger partial charge on any atom is 0.412 e. The van der Waals surface area contributed by atoms with Crippen molar-refractivity contribution in [1.29, 1.82) is 0 Å². The van der Waals surface area contributed by atoms with Gasteiger partial charge in [0, 0.05) is 30.1 Å². The molecule has 2 amide bonds. The number of carbonyl (C=O) groups is 2. The first kappa shape index (κ1) is 23.4. The van der Waals surface area contributed by atoms with Crippen LogP contribution in [0, 0.1) is 5.82 Å². The number of ether oxygens (including phenoxy) is 1. The Morgan fingerprint density at radius 3 is 2.78 bits per heavy atom. The standard InChI is InChI=1S/C23H23ClFN3O4/c1-28(22(30)7-4-16-10-15(14-29)2-6-20(16)24)8-9-32-23(31)27-21-12-18-11-19(25)5-3-17(18)13-26-21/h2-3,5-6,10-13,29H,4,7-9,14H2,1H3,(H,26,27,31). The highest BCUT2D eigenvalue weighted by Crippen LogP contribution is 2.20.